The number of aliphatic hydroxyl groups excluding tert-OH is 6. The van der Waals surface area contributed by atoms with Crippen LogP contribution in [-0.4, -0.2) is 86.8 Å². The smallest absolute Gasteiger partial charge is 0.243 e. The van der Waals surface area contributed by atoms with Crippen LogP contribution in [-0.2, 0) is 22.3 Å². The fourth-order valence-corrected chi connectivity index (χ4v) is 5.99. The highest BCUT2D eigenvalue weighted by Gasteiger charge is 2.62. The minimum absolute atomic E-state index is 0.0415. The lowest BCUT2D eigenvalue weighted by molar-refractivity contribution is -0.336. The molecule has 1 spiro atoms. The van der Waals surface area contributed by atoms with Crippen LogP contribution < -0.4 is 4.74 Å². The van der Waals surface area contributed by atoms with Crippen molar-refractivity contribution >= 4 is 0 Å². The molecule has 2 heterocycles. The molecule has 2 aromatic rings. The first-order chi connectivity index (χ1) is 20.3. The first-order valence-electron chi connectivity index (χ1n) is 14.7. The molecule has 1 saturated heterocycles. The highest BCUT2D eigenvalue weighted by molar-refractivity contribution is 5.29. The van der Waals surface area contributed by atoms with Crippen molar-refractivity contribution < 1.29 is 44.8 Å². The third kappa shape index (κ3) is 7.41. The minimum Gasteiger partial charge on any atom is -0.482 e. The van der Waals surface area contributed by atoms with Crippen molar-refractivity contribution in [1.29, 1.82) is 0 Å². The second-order valence-corrected chi connectivity index (χ2v) is 11.2. The maximum atomic E-state index is 11.8. The molecule has 8 atom stereocenters. The molecule has 9 nitrogen and oxygen atoms in total. The van der Waals surface area contributed by atoms with Crippen LogP contribution in [0.1, 0.15) is 36.8 Å². The number of ether oxygens (including phenoxy) is 3. The topological polar surface area (TPSA) is 149 Å². The lowest BCUT2D eigenvalue weighted by Crippen LogP contribution is -2.70. The van der Waals surface area contributed by atoms with E-state index in [1.54, 1.807) is 18.2 Å². The molecular weight excluding hydrogens is 540 g/mol. The molecule has 4 rings (SSSR count). The summed E-state index contributed by atoms with van der Waals surface area (Å²) in [4.78, 5) is 0. The molecule has 2 aromatic carbocycles. The minimum atomic E-state index is -1.68. The van der Waals surface area contributed by atoms with E-state index in [1.807, 2.05) is 48.5 Å². The average Bonchev–Trinajstić information content (AvgIpc) is 3.15. The summed E-state index contributed by atoms with van der Waals surface area (Å²) in [6.07, 6.45) is -1.32. The molecule has 0 aliphatic carbocycles. The Hall–Kier alpha value is -2.76. The highest BCUT2D eigenvalue weighted by atomic mass is 16.7. The van der Waals surface area contributed by atoms with E-state index in [-0.39, 0.29) is 45.0 Å². The molecule has 0 amide bonds. The van der Waals surface area contributed by atoms with Crippen LogP contribution >= 0.6 is 0 Å². The molecule has 230 valence electrons. The van der Waals surface area contributed by atoms with E-state index < -0.39 is 42.2 Å². The lowest BCUT2D eigenvalue weighted by Gasteiger charge is -2.52. The van der Waals surface area contributed by atoms with E-state index >= 15 is 0 Å². The van der Waals surface area contributed by atoms with E-state index in [2.05, 4.69) is 6.58 Å². The van der Waals surface area contributed by atoms with Crippen molar-refractivity contribution in [2.24, 2.45) is 11.8 Å². The van der Waals surface area contributed by atoms with Crippen LogP contribution in [0.3, 0.4) is 0 Å². The van der Waals surface area contributed by atoms with Gasteiger partial charge in [-0.25, -0.2) is 0 Å². The highest BCUT2D eigenvalue weighted by Crippen LogP contribution is 2.46. The Labute approximate surface area is 247 Å². The predicted molar refractivity (Wildman–Crippen MR) is 156 cm³/mol. The second-order valence-electron chi connectivity index (χ2n) is 11.2. The van der Waals surface area contributed by atoms with E-state index in [1.165, 1.54) is 0 Å². The number of hydrogen-bond acceptors (Lipinski definition) is 9. The maximum Gasteiger partial charge on any atom is 0.243 e. The van der Waals surface area contributed by atoms with Gasteiger partial charge in [0, 0.05) is 32.7 Å². The second kappa shape index (κ2) is 15.1. The maximum absolute atomic E-state index is 11.8. The van der Waals surface area contributed by atoms with Gasteiger partial charge in [-0.05, 0) is 66.9 Å². The summed E-state index contributed by atoms with van der Waals surface area (Å²) in [5.74, 6) is 0.162. The van der Waals surface area contributed by atoms with Gasteiger partial charge in [0.05, 0.1) is 11.9 Å². The van der Waals surface area contributed by atoms with Gasteiger partial charge >= 0.3 is 0 Å². The predicted octanol–water partition coefficient (Wildman–Crippen LogP) is 2.27. The molecule has 2 aliphatic heterocycles. The first-order valence-corrected chi connectivity index (χ1v) is 14.7. The van der Waals surface area contributed by atoms with Crippen LogP contribution in [0.5, 0.6) is 5.75 Å². The number of hydrogen-bond donors (Lipinski definition) is 6. The zero-order chi connectivity index (χ0) is 30.1. The Balaban J connectivity index is 1.76. The van der Waals surface area contributed by atoms with Crippen molar-refractivity contribution in [3.8, 4) is 5.75 Å². The number of rotatable bonds is 13. The molecular formula is C33H44O9. The van der Waals surface area contributed by atoms with Gasteiger partial charge in [-0.2, -0.15) is 0 Å². The van der Waals surface area contributed by atoms with E-state index in [0.29, 0.717) is 30.8 Å². The molecule has 0 saturated carbocycles. The van der Waals surface area contributed by atoms with Crippen molar-refractivity contribution in [1.82, 2.24) is 0 Å². The molecule has 8 unspecified atom stereocenters. The van der Waals surface area contributed by atoms with Crippen molar-refractivity contribution in [3.63, 3.8) is 0 Å². The van der Waals surface area contributed by atoms with Crippen LogP contribution in [0.15, 0.2) is 79.1 Å². The SMILES string of the molecule is C=CCc1ccc(OC2OC(C(O)CCCO)C(O)C(O)C23CC(CO)C(CCO)C=C(Cc2ccccc2)O3)cc1. The summed E-state index contributed by atoms with van der Waals surface area (Å²) < 4.78 is 19.3. The third-order valence-electron chi connectivity index (χ3n) is 8.25. The molecule has 6 N–H and O–H groups in total. The molecule has 0 radical (unpaired) electrons. The van der Waals surface area contributed by atoms with Crippen molar-refractivity contribution in [3.05, 3.63) is 90.2 Å². The Morgan fingerprint density at radius 2 is 1.74 bits per heavy atom. The Kier molecular flexibility index (Phi) is 11.6. The van der Waals surface area contributed by atoms with E-state index in [0.717, 1.165) is 11.1 Å². The lowest BCUT2D eigenvalue weighted by atomic mass is 9.75. The zero-order valence-electron chi connectivity index (χ0n) is 23.9. The molecule has 0 aromatic heterocycles. The monoisotopic (exact) mass is 584 g/mol. The summed E-state index contributed by atoms with van der Waals surface area (Å²) in [6.45, 7) is 3.25. The Bertz CT molecular complexity index is 1140. The van der Waals surface area contributed by atoms with Gasteiger partial charge < -0.3 is 44.8 Å². The standard InChI is InChI=1S/C33H44O9/c1-2-7-22-11-13-26(14-12-22)40-32-33(31(39)29(38)30(41-32)28(37)10-6-16-34)20-25(21-36)24(15-17-35)19-27(42-33)18-23-8-4-3-5-9-23/h2-5,8-9,11-14,19,24-25,28-32,34-39H,1,6-7,10,15-18,20-21H2. The molecule has 0 bridgehead atoms. The summed E-state index contributed by atoms with van der Waals surface area (Å²) in [5.41, 5.74) is 0.295. The molecule has 2 aliphatic rings. The fraction of sp³-hybridized carbons (Fsp3) is 0.515. The molecule has 42 heavy (non-hydrogen) atoms. The number of allylic oxidation sites excluding steroid dienone is 3. The van der Waals surface area contributed by atoms with Gasteiger partial charge in [0.1, 0.15) is 24.1 Å². The number of benzene rings is 2. The summed E-state index contributed by atoms with van der Waals surface area (Å²) >= 11 is 0. The van der Waals surface area contributed by atoms with Crippen LogP contribution in [0.2, 0.25) is 0 Å². The summed E-state index contributed by atoms with van der Waals surface area (Å²) in [7, 11) is 0. The quantitative estimate of drug-likeness (QED) is 0.195. The Morgan fingerprint density at radius 1 is 1.00 bits per heavy atom. The Morgan fingerprint density at radius 3 is 2.38 bits per heavy atom. The van der Waals surface area contributed by atoms with Gasteiger partial charge in [0.2, 0.25) is 6.29 Å². The third-order valence-corrected chi connectivity index (χ3v) is 8.25. The summed E-state index contributed by atoms with van der Waals surface area (Å²) in [5, 5.41) is 63.6. The van der Waals surface area contributed by atoms with Gasteiger partial charge in [-0.3, -0.25) is 0 Å². The van der Waals surface area contributed by atoms with Crippen molar-refractivity contribution in [2.75, 3.05) is 19.8 Å². The van der Waals surface area contributed by atoms with Gasteiger partial charge in [-0.1, -0.05) is 48.5 Å². The van der Waals surface area contributed by atoms with Gasteiger partial charge in [-0.15, -0.1) is 6.58 Å². The van der Waals surface area contributed by atoms with E-state index in [9.17, 15) is 30.6 Å². The van der Waals surface area contributed by atoms with Gasteiger partial charge in [0.15, 0.2) is 5.60 Å². The van der Waals surface area contributed by atoms with Gasteiger partial charge in [0.25, 0.3) is 0 Å². The number of aliphatic hydroxyl groups is 6. The van der Waals surface area contributed by atoms with Crippen LogP contribution in [0, 0.1) is 11.8 Å². The fourth-order valence-electron chi connectivity index (χ4n) is 5.99. The normalized spacial score (nSPS) is 30.2. The van der Waals surface area contributed by atoms with Crippen LogP contribution in [0.4, 0.5) is 0 Å². The zero-order valence-corrected chi connectivity index (χ0v) is 23.9. The molecule has 1 fully saturated rings. The average molecular weight is 585 g/mol. The van der Waals surface area contributed by atoms with Crippen LogP contribution in [0.25, 0.3) is 0 Å². The van der Waals surface area contributed by atoms with Crippen molar-refractivity contribution in [2.45, 2.75) is 74.8 Å². The first kappa shape index (κ1) is 32.2. The molecule has 9 heteroatoms. The summed E-state index contributed by atoms with van der Waals surface area (Å²) in [6, 6.07) is 16.9. The largest absolute Gasteiger partial charge is 0.482 e. The van der Waals surface area contributed by atoms with E-state index in [4.69, 9.17) is 14.2 Å².